The SMILES string of the molecule is COc1cc(CNC(=O)CN(C)CC(=O)NC(C)C)ccc1OC(F)F. The summed E-state index contributed by atoms with van der Waals surface area (Å²) >= 11 is 0. The van der Waals surface area contributed by atoms with Gasteiger partial charge in [0.05, 0.1) is 20.2 Å². The Balaban J connectivity index is 2.50. The van der Waals surface area contributed by atoms with Crippen molar-refractivity contribution < 1.29 is 27.8 Å². The van der Waals surface area contributed by atoms with Gasteiger partial charge in [0.2, 0.25) is 11.8 Å². The van der Waals surface area contributed by atoms with E-state index < -0.39 is 6.61 Å². The van der Waals surface area contributed by atoms with E-state index in [2.05, 4.69) is 15.4 Å². The quantitative estimate of drug-likeness (QED) is 0.648. The summed E-state index contributed by atoms with van der Waals surface area (Å²) in [5.41, 5.74) is 0.664. The van der Waals surface area contributed by atoms with Crippen LogP contribution in [0.25, 0.3) is 0 Å². The Bertz CT molecular complexity index is 612. The van der Waals surface area contributed by atoms with Gasteiger partial charge < -0.3 is 20.1 Å². The van der Waals surface area contributed by atoms with Gasteiger partial charge in [-0.2, -0.15) is 8.78 Å². The lowest BCUT2D eigenvalue weighted by molar-refractivity contribution is -0.124. The van der Waals surface area contributed by atoms with Crippen molar-refractivity contribution in [2.75, 3.05) is 27.2 Å². The molecule has 0 aliphatic carbocycles. The van der Waals surface area contributed by atoms with Crippen molar-refractivity contribution in [3.8, 4) is 11.5 Å². The van der Waals surface area contributed by atoms with Gasteiger partial charge in [0, 0.05) is 12.6 Å². The summed E-state index contributed by atoms with van der Waals surface area (Å²) in [4.78, 5) is 25.2. The van der Waals surface area contributed by atoms with Crippen LogP contribution in [0.5, 0.6) is 11.5 Å². The van der Waals surface area contributed by atoms with Crippen molar-refractivity contribution in [2.45, 2.75) is 33.0 Å². The molecule has 0 aliphatic heterocycles. The molecular formula is C17H25F2N3O4. The third kappa shape index (κ3) is 8.11. The van der Waals surface area contributed by atoms with Crippen LogP contribution in [-0.4, -0.2) is 56.6 Å². The Morgan fingerprint density at radius 3 is 2.38 bits per heavy atom. The minimum absolute atomic E-state index is 0.0386. The van der Waals surface area contributed by atoms with Gasteiger partial charge in [0.15, 0.2) is 11.5 Å². The number of hydrogen-bond acceptors (Lipinski definition) is 5. The van der Waals surface area contributed by atoms with Crippen molar-refractivity contribution in [2.24, 2.45) is 0 Å². The first-order valence-electron chi connectivity index (χ1n) is 8.07. The third-order valence-corrected chi connectivity index (χ3v) is 3.21. The van der Waals surface area contributed by atoms with Crippen LogP contribution in [0.1, 0.15) is 19.4 Å². The number of nitrogens with one attached hydrogen (secondary N) is 2. The van der Waals surface area contributed by atoms with E-state index in [9.17, 15) is 18.4 Å². The maximum absolute atomic E-state index is 12.3. The van der Waals surface area contributed by atoms with Crippen molar-refractivity contribution in [1.29, 1.82) is 0 Å². The van der Waals surface area contributed by atoms with Crippen molar-refractivity contribution in [3.05, 3.63) is 23.8 Å². The summed E-state index contributed by atoms with van der Waals surface area (Å²) in [6, 6.07) is 4.46. The van der Waals surface area contributed by atoms with Crippen LogP contribution < -0.4 is 20.1 Å². The molecule has 0 aromatic heterocycles. The van der Waals surface area contributed by atoms with Gasteiger partial charge in [-0.3, -0.25) is 14.5 Å². The lowest BCUT2D eigenvalue weighted by Gasteiger charge is -2.17. The topological polar surface area (TPSA) is 79.9 Å². The molecule has 0 aliphatic rings. The van der Waals surface area contributed by atoms with Gasteiger partial charge >= 0.3 is 6.61 Å². The smallest absolute Gasteiger partial charge is 0.387 e. The fraction of sp³-hybridized carbons (Fsp3) is 0.529. The molecule has 0 radical (unpaired) electrons. The second-order valence-electron chi connectivity index (χ2n) is 6.03. The highest BCUT2D eigenvalue weighted by Gasteiger charge is 2.13. The third-order valence-electron chi connectivity index (χ3n) is 3.21. The number of likely N-dealkylation sites (N-methyl/N-ethyl adjacent to an activating group) is 1. The number of alkyl halides is 2. The average molecular weight is 373 g/mol. The molecule has 0 atom stereocenters. The average Bonchev–Trinajstić information content (AvgIpc) is 2.52. The van der Waals surface area contributed by atoms with E-state index in [0.717, 1.165) is 0 Å². The maximum atomic E-state index is 12.3. The molecule has 9 heteroatoms. The van der Waals surface area contributed by atoms with Crippen LogP contribution in [0.15, 0.2) is 18.2 Å². The second-order valence-corrected chi connectivity index (χ2v) is 6.03. The Morgan fingerprint density at radius 2 is 1.81 bits per heavy atom. The summed E-state index contributed by atoms with van der Waals surface area (Å²) in [7, 11) is 3.01. The van der Waals surface area contributed by atoms with E-state index in [4.69, 9.17) is 4.74 Å². The molecule has 0 spiro atoms. The predicted octanol–water partition coefficient (Wildman–Crippen LogP) is 1.37. The minimum atomic E-state index is -2.95. The molecular weight excluding hydrogens is 348 g/mol. The highest BCUT2D eigenvalue weighted by molar-refractivity contribution is 5.81. The maximum Gasteiger partial charge on any atom is 0.387 e. The van der Waals surface area contributed by atoms with Crippen LogP contribution in [0, 0.1) is 0 Å². The van der Waals surface area contributed by atoms with E-state index >= 15 is 0 Å². The van der Waals surface area contributed by atoms with E-state index in [1.807, 2.05) is 13.8 Å². The Kier molecular flexibility index (Phi) is 8.77. The second kappa shape index (κ2) is 10.5. The van der Waals surface area contributed by atoms with Crippen LogP contribution >= 0.6 is 0 Å². The van der Waals surface area contributed by atoms with Crippen LogP contribution in [0.4, 0.5) is 8.78 Å². The lowest BCUT2D eigenvalue weighted by Crippen LogP contribution is -2.42. The Labute approximate surface area is 151 Å². The first-order chi connectivity index (χ1) is 12.2. The van der Waals surface area contributed by atoms with Crippen LogP contribution in [-0.2, 0) is 16.1 Å². The molecule has 1 aromatic rings. The summed E-state index contributed by atoms with van der Waals surface area (Å²) in [6.45, 7) is 1.12. The molecule has 146 valence electrons. The van der Waals surface area contributed by atoms with E-state index in [0.29, 0.717) is 5.56 Å². The molecule has 1 rings (SSSR count). The number of halogens is 2. The molecule has 2 amide bonds. The van der Waals surface area contributed by atoms with Gasteiger partial charge in [-0.25, -0.2) is 0 Å². The number of methoxy groups -OCH3 is 1. The van der Waals surface area contributed by atoms with Gasteiger partial charge in [-0.15, -0.1) is 0 Å². The number of carbonyl (C=O) groups is 2. The molecule has 0 fully saturated rings. The molecule has 0 saturated heterocycles. The Morgan fingerprint density at radius 1 is 1.15 bits per heavy atom. The molecule has 0 bridgehead atoms. The number of hydrogen-bond donors (Lipinski definition) is 2. The van der Waals surface area contributed by atoms with E-state index in [1.165, 1.54) is 19.2 Å². The van der Waals surface area contributed by atoms with Crippen LogP contribution in [0.2, 0.25) is 0 Å². The number of carbonyl (C=O) groups excluding carboxylic acids is 2. The van der Waals surface area contributed by atoms with Crippen molar-refractivity contribution in [3.63, 3.8) is 0 Å². The number of nitrogens with zero attached hydrogens (tertiary/aromatic N) is 1. The standard InChI is InChI=1S/C17H25F2N3O4/c1-11(2)21-16(24)10-22(3)9-15(23)20-8-12-5-6-13(26-17(18)19)14(7-12)25-4/h5-7,11,17H,8-10H2,1-4H3,(H,20,23)(H,21,24). The minimum Gasteiger partial charge on any atom is -0.493 e. The van der Waals surface area contributed by atoms with Gasteiger partial charge in [0.25, 0.3) is 0 Å². The number of ether oxygens (including phenoxy) is 2. The first kappa shape index (κ1) is 21.6. The molecule has 0 saturated carbocycles. The van der Waals surface area contributed by atoms with E-state index in [-0.39, 0.29) is 49.0 Å². The predicted molar refractivity (Wildman–Crippen MR) is 92.2 cm³/mol. The largest absolute Gasteiger partial charge is 0.493 e. The fourth-order valence-corrected chi connectivity index (χ4v) is 2.19. The van der Waals surface area contributed by atoms with Crippen molar-refractivity contribution in [1.82, 2.24) is 15.5 Å². The molecule has 0 heterocycles. The Hall–Kier alpha value is -2.42. The number of amides is 2. The van der Waals surface area contributed by atoms with Gasteiger partial charge in [-0.05, 0) is 38.6 Å². The molecule has 2 N–H and O–H groups in total. The zero-order chi connectivity index (χ0) is 19.7. The fourth-order valence-electron chi connectivity index (χ4n) is 2.19. The zero-order valence-electron chi connectivity index (χ0n) is 15.3. The lowest BCUT2D eigenvalue weighted by atomic mass is 10.2. The molecule has 0 unspecified atom stereocenters. The van der Waals surface area contributed by atoms with Gasteiger partial charge in [0.1, 0.15) is 0 Å². The van der Waals surface area contributed by atoms with Gasteiger partial charge in [-0.1, -0.05) is 6.07 Å². The van der Waals surface area contributed by atoms with Crippen molar-refractivity contribution >= 4 is 11.8 Å². The summed E-state index contributed by atoms with van der Waals surface area (Å²) < 4.78 is 34.0. The summed E-state index contributed by atoms with van der Waals surface area (Å²) in [6.07, 6.45) is 0. The highest BCUT2D eigenvalue weighted by Crippen LogP contribution is 2.29. The highest BCUT2D eigenvalue weighted by atomic mass is 19.3. The number of rotatable bonds is 10. The molecule has 1 aromatic carbocycles. The number of benzene rings is 1. The summed E-state index contributed by atoms with van der Waals surface area (Å²) in [5, 5.41) is 5.44. The molecule has 26 heavy (non-hydrogen) atoms. The van der Waals surface area contributed by atoms with E-state index in [1.54, 1.807) is 18.0 Å². The first-order valence-corrected chi connectivity index (χ1v) is 8.07. The van der Waals surface area contributed by atoms with Crippen LogP contribution in [0.3, 0.4) is 0 Å². The summed E-state index contributed by atoms with van der Waals surface area (Å²) in [5.74, 6) is -0.348. The monoisotopic (exact) mass is 373 g/mol. The normalized spacial score (nSPS) is 11.0. The molecule has 7 nitrogen and oxygen atoms in total. The zero-order valence-corrected chi connectivity index (χ0v) is 15.3.